The fraction of sp³-hybridized carbons (Fsp3) is 0.800. The van der Waals surface area contributed by atoms with E-state index >= 15 is 0 Å². The summed E-state index contributed by atoms with van der Waals surface area (Å²) in [4.78, 5) is 13.5. The van der Waals surface area contributed by atoms with E-state index in [1.807, 2.05) is 6.92 Å². The Kier molecular flexibility index (Phi) is 4.88. The van der Waals surface area contributed by atoms with Crippen LogP contribution < -0.4 is 11.1 Å². The van der Waals surface area contributed by atoms with Crippen LogP contribution in [0.2, 0.25) is 0 Å². The number of rotatable bonds is 4. The lowest BCUT2D eigenvalue weighted by molar-refractivity contribution is 0.184. The number of carbonyl (C=O) groups is 1. The topological polar surface area (TPSA) is 91.0 Å². The van der Waals surface area contributed by atoms with Crippen molar-refractivity contribution in [3.05, 3.63) is 0 Å². The van der Waals surface area contributed by atoms with Gasteiger partial charge in [0.25, 0.3) is 0 Å². The van der Waals surface area contributed by atoms with Gasteiger partial charge in [0, 0.05) is 12.6 Å². The Morgan fingerprint density at radius 1 is 1.56 bits per heavy atom. The van der Waals surface area contributed by atoms with E-state index in [2.05, 4.69) is 10.5 Å². The molecule has 1 aliphatic rings. The number of nitrogens with two attached hydrogens (primary N) is 1. The van der Waals surface area contributed by atoms with Crippen molar-refractivity contribution >= 4 is 11.9 Å². The third-order valence-corrected chi connectivity index (χ3v) is 2.82. The van der Waals surface area contributed by atoms with E-state index in [0.29, 0.717) is 6.54 Å². The van der Waals surface area contributed by atoms with Gasteiger partial charge in [0.1, 0.15) is 0 Å². The number of amidine groups is 1. The van der Waals surface area contributed by atoms with E-state index in [9.17, 15) is 4.79 Å². The lowest BCUT2D eigenvalue weighted by Crippen LogP contribution is -2.48. The monoisotopic (exact) mass is 228 g/mol. The number of amides is 2. The molecule has 0 bridgehead atoms. The zero-order valence-electron chi connectivity index (χ0n) is 9.65. The standard InChI is InChI=1S/C10H20N4O2/c1-2-12-10(15)14(7-9(11)13-16)8-5-3-4-6-8/h8,16H,2-7H2,1H3,(H2,11,13)(H,12,15). The fourth-order valence-corrected chi connectivity index (χ4v) is 2.04. The van der Waals surface area contributed by atoms with Crippen molar-refractivity contribution in [3.8, 4) is 0 Å². The highest BCUT2D eigenvalue weighted by Gasteiger charge is 2.26. The van der Waals surface area contributed by atoms with E-state index in [0.717, 1.165) is 25.7 Å². The zero-order chi connectivity index (χ0) is 12.0. The van der Waals surface area contributed by atoms with Crippen molar-refractivity contribution in [2.75, 3.05) is 13.1 Å². The van der Waals surface area contributed by atoms with Gasteiger partial charge in [-0.3, -0.25) is 0 Å². The van der Waals surface area contributed by atoms with Crippen molar-refractivity contribution in [1.82, 2.24) is 10.2 Å². The molecule has 0 aromatic rings. The molecule has 0 heterocycles. The Bertz CT molecular complexity index is 262. The predicted octanol–water partition coefficient (Wildman–Crippen LogP) is 0.707. The SMILES string of the molecule is CCNC(=O)N(CC(N)=NO)C1CCCC1. The van der Waals surface area contributed by atoms with Crippen LogP contribution in [0.25, 0.3) is 0 Å². The summed E-state index contributed by atoms with van der Waals surface area (Å²) >= 11 is 0. The second-order valence-corrected chi connectivity index (χ2v) is 3.99. The largest absolute Gasteiger partial charge is 0.409 e. The van der Waals surface area contributed by atoms with Crippen LogP contribution in [0.1, 0.15) is 32.6 Å². The number of nitrogens with one attached hydrogen (secondary N) is 1. The number of carbonyl (C=O) groups excluding carboxylic acids is 1. The summed E-state index contributed by atoms with van der Waals surface area (Å²) in [6, 6.07) is 0.0767. The number of urea groups is 1. The zero-order valence-corrected chi connectivity index (χ0v) is 9.65. The Morgan fingerprint density at radius 2 is 2.19 bits per heavy atom. The van der Waals surface area contributed by atoms with E-state index in [1.165, 1.54) is 0 Å². The highest BCUT2D eigenvalue weighted by Crippen LogP contribution is 2.23. The quantitative estimate of drug-likeness (QED) is 0.286. The molecule has 4 N–H and O–H groups in total. The maximum Gasteiger partial charge on any atom is 0.318 e. The maximum atomic E-state index is 11.8. The van der Waals surface area contributed by atoms with Gasteiger partial charge in [0.2, 0.25) is 0 Å². The summed E-state index contributed by atoms with van der Waals surface area (Å²) < 4.78 is 0. The van der Waals surface area contributed by atoms with E-state index in [1.54, 1.807) is 4.90 Å². The minimum atomic E-state index is -0.138. The van der Waals surface area contributed by atoms with Gasteiger partial charge in [-0.2, -0.15) is 0 Å². The van der Waals surface area contributed by atoms with Gasteiger partial charge in [0.05, 0.1) is 6.54 Å². The third-order valence-electron chi connectivity index (χ3n) is 2.82. The Balaban J connectivity index is 2.63. The number of nitrogens with zero attached hydrogens (tertiary/aromatic N) is 2. The first kappa shape index (κ1) is 12.6. The lowest BCUT2D eigenvalue weighted by Gasteiger charge is -2.28. The van der Waals surface area contributed by atoms with Gasteiger partial charge in [-0.25, -0.2) is 4.79 Å². The summed E-state index contributed by atoms with van der Waals surface area (Å²) in [5.41, 5.74) is 5.45. The van der Waals surface area contributed by atoms with Crippen molar-refractivity contribution in [2.24, 2.45) is 10.9 Å². The smallest absolute Gasteiger partial charge is 0.318 e. The molecule has 0 aromatic carbocycles. The Labute approximate surface area is 95.5 Å². The molecule has 0 aliphatic heterocycles. The molecule has 2 amide bonds. The van der Waals surface area contributed by atoms with Crippen LogP contribution in [0, 0.1) is 0 Å². The Morgan fingerprint density at radius 3 is 2.69 bits per heavy atom. The first-order valence-corrected chi connectivity index (χ1v) is 5.70. The molecule has 0 aromatic heterocycles. The number of hydrogen-bond acceptors (Lipinski definition) is 3. The highest BCUT2D eigenvalue weighted by molar-refractivity contribution is 5.86. The molecule has 16 heavy (non-hydrogen) atoms. The summed E-state index contributed by atoms with van der Waals surface area (Å²) in [6.45, 7) is 2.64. The second-order valence-electron chi connectivity index (χ2n) is 3.99. The predicted molar refractivity (Wildman–Crippen MR) is 61.4 cm³/mol. The maximum absolute atomic E-state index is 11.8. The fourth-order valence-electron chi connectivity index (χ4n) is 2.04. The molecule has 0 radical (unpaired) electrons. The first-order valence-electron chi connectivity index (χ1n) is 5.70. The van der Waals surface area contributed by atoms with Crippen LogP contribution in [0.4, 0.5) is 4.79 Å². The molecule has 0 spiro atoms. The highest BCUT2D eigenvalue weighted by atomic mass is 16.4. The summed E-state index contributed by atoms with van der Waals surface area (Å²) in [5.74, 6) is 0.0677. The van der Waals surface area contributed by atoms with Gasteiger partial charge in [-0.1, -0.05) is 18.0 Å². The lowest BCUT2D eigenvalue weighted by atomic mass is 10.2. The van der Waals surface area contributed by atoms with Crippen LogP contribution in [-0.4, -0.2) is 41.1 Å². The van der Waals surface area contributed by atoms with Crippen molar-refractivity contribution in [3.63, 3.8) is 0 Å². The van der Waals surface area contributed by atoms with Crippen LogP contribution in [0.3, 0.4) is 0 Å². The summed E-state index contributed by atoms with van der Waals surface area (Å²) in [5, 5.41) is 14.2. The number of hydrogen-bond donors (Lipinski definition) is 3. The van der Waals surface area contributed by atoms with Crippen molar-refractivity contribution in [2.45, 2.75) is 38.6 Å². The Hall–Kier alpha value is -1.46. The molecule has 1 aliphatic carbocycles. The van der Waals surface area contributed by atoms with Crippen molar-refractivity contribution < 1.29 is 10.0 Å². The van der Waals surface area contributed by atoms with E-state index < -0.39 is 0 Å². The molecule has 0 saturated heterocycles. The molecule has 92 valence electrons. The summed E-state index contributed by atoms with van der Waals surface area (Å²) in [7, 11) is 0. The van der Waals surface area contributed by atoms with Crippen LogP contribution >= 0.6 is 0 Å². The molecule has 0 atom stereocenters. The van der Waals surface area contributed by atoms with Gasteiger partial charge >= 0.3 is 6.03 Å². The third kappa shape index (κ3) is 3.29. The molecular formula is C10H20N4O2. The van der Waals surface area contributed by atoms with Crippen LogP contribution in [0.15, 0.2) is 5.16 Å². The molecule has 1 saturated carbocycles. The van der Waals surface area contributed by atoms with E-state index in [4.69, 9.17) is 10.9 Å². The molecule has 6 heteroatoms. The van der Waals surface area contributed by atoms with Gasteiger partial charge in [0.15, 0.2) is 5.84 Å². The van der Waals surface area contributed by atoms with E-state index in [-0.39, 0.29) is 24.5 Å². The second kappa shape index (κ2) is 6.19. The minimum Gasteiger partial charge on any atom is -0.409 e. The molecule has 1 rings (SSSR count). The minimum absolute atomic E-state index is 0.0677. The van der Waals surface area contributed by atoms with Gasteiger partial charge in [-0.05, 0) is 19.8 Å². The van der Waals surface area contributed by atoms with Crippen LogP contribution in [0.5, 0.6) is 0 Å². The van der Waals surface area contributed by atoms with Gasteiger partial charge in [-0.15, -0.1) is 0 Å². The summed E-state index contributed by atoms with van der Waals surface area (Å²) in [6.07, 6.45) is 4.26. The average molecular weight is 228 g/mol. The first-order chi connectivity index (χ1) is 7.69. The van der Waals surface area contributed by atoms with Crippen molar-refractivity contribution in [1.29, 1.82) is 0 Å². The molecule has 0 unspecified atom stereocenters. The van der Waals surface area contributed by atoms with Crippen LogP contribution in [-0.2, 0) is 0 Å². The molecule has 6 nitrogen and oxygen atoms in total. The average Bonchev–Trinajstić information content (AvgIpc) is 2.78. The molecule has 1 fully saturated rings. The van der Waals surface area contributed by atoms with Gasteiger partial charge < -0.3 is 21.2 Å². The molecular weight excluding hydrogens is 208 g/mol. The normalized spacial score (nSPS) is 17.4. The number of oxime groups is 1.